The number of aromatic nitrogens is 2. The Bertz CT molecular complexity index is 827. The molecule has 0 aliphatic carbocycles. The highest BCUT2D eigenvalue weighted by atomic mass is 16.7. The highest BCUT2D eigenvalue weighted by molar-refractivity contribution is 5.68. The van der Waals surface area contributed by atoms with Crippen LogP contribution in [-0.4, -0.2) is 52.9 Å². The number of aromatic amines is 1. The molecule has 0 aromatic carbocycles. The molecule has 1 saturated heterocycles. The Balaban J connectivity index is 2.58. The number of hydrogen-bond donors (Lipinski definition) is 1. The van der Waals surface area contributed by atoms with E-state index in [0.717, 1.165) is 37.6 Å². The Hall–Kier alpha value is -2.95. The van der Waals surface area contributed by atoms with Crippen molar-refractivity contribution in [3.8, 4) is 0 Å². The molecule has 2 rings (SSSR count). The van der Waals surface area contributed by atoms with Gasteiger partial charge in [-0.1, -0.05) is 0 Å². The van der Waals surface area contributed by atoms with Crippen LogP contribution in [-0.2, 0) is 39.1 Å². The Morgan fingerprint density at radius 2 is 1.85 bits per heavy atom. The molecule has 1 N–H and O–H groups in total. The summed E-state index contributed by atoms with van der Waals surface area (Å²) in [6.45, 7) is 2.66. The van der Waals surface area contributed by atoms with Crippen molar-refractivity contribution in [2.75, 3.05) is 13.2 Å². The molecule has 11 nitrogen and oxygen atoms in total. The van der Waals surface area contributed by atoms with Crippen LogP contribution in [0, 0.1) is 0 Å². The third-order valence-corrected chi connectivity index (χ3v) is 3.60. The fourth-order valence-electron chi connectivity index (χ4n) is 2.66. The van der Waals surface area contributed by atoms with E-state index in [2.05, 4.69) is 0 Å². The molecule has 11 heteroatoms. The van der Waals surface area contributed by atoms with Crippen molar-refractivity contribution in [1.29, 1.82) is 0 Å². The number of carbonyl (C=O) groups excluding carboxylic acids is 3. The highest BCUT2D eigenvalue weighted by Gasteiger charge is 2.57. The van der Waals surface area contributed by atoms with Gasteiger partial charge in [0.05, 0.1) is 6.61 Å². The quantitative estimate of drug-likeness (QED) is 0.491. The summed E-state index contributed by atoms with van der Waals surface area (Å²) in [6.07, 6.45) is -1.24. The second-order valence-corrected chi connectivity index (χ2v) is 5.59. The van der Waals surface area contributed by atoms with E-state index in [1.54, 1.807) is 0 Å². The smallest absolute Gasteiger partial charge is 0.330 e. The first-order valence-electron chi connectivity index (χ1n) is 7.60. The van der Waals surface area contributed by atoms with Gasteiger partial charge in [-0.3, -0.25) is 28.7 Å². The minimum absolute atomic E-state index is 0.232. The van der Waals surface area contributed by atoms with Gasteiger partial charge in [-0.2, -0.15) is 0 Å². The number of rotatable bonds is 5. The number of nitrogens with zero attached hydrogens (tertiary/aromatic N) is 1. The van der Waals surface area contributed by atoms with E-state index >= 15 is 0 Å². The lowest BCUT2D eigenvalue weighted by molar-refractivity contribution is -0.196. The number of ether oxygens (including phenoxy) is 4. The van der Waals surface area contributed by atoms with Gasteiger partial charge in [0.1, 0.15) is 6.61 Å². The number of nitrogens with one attached hydrogen (secondary N) is 1. The van der Waals surface area contributed by atoms with Gasteiger partial charge in [0.25, 0.3) is 5.56 Å². The van der Waals surface area contributed by atoms with Crippen molar-refractivity contribution in [3.63, 3.8) is 0 Å². The minimum Gasteiger partial charge on any atom is -0.461 e. The lowest BCUT2D eigenvalue weighted by atomic mass is 10.0. The number of carbonyl (C=O) groups is 3. The molecule has 1 aliphatic rings. The van der Waals surface area contributed by atoms with Gasteiger partial charge in [0.15, 0.2) is 12.2 Å². The van der Waals surface area contributed by atoms with E-state index in [1.807, 2.05) is 4.98 Å². The first kappa shape index (κ1) is 19.4. The molecule has 0 amide bonds. The molecule has 26 heavy (non-hydrogen) atoms. The van der Waals surface area contributed by atoms with Crippen LogP contribution in [0.4, 0.5) is 0 Å². The summed E-state index contributed by atoms with van der Waals surface area (Å²) < 4.78 is 21.9. The third-order valence-electron chi connectivity index (χ3n) is 3.60. The van der Waals surface area contributed by atoms with Crippen LogP contribution in [0.15, 0.2) is 21.9 Å². The molecule has 0 bridgehead atoms. The van der Waals surface area contributed by atoms with Gasteiger partial charge in [-0.25, -0.2) is 4.79 Å². The maximum atomic E-state index is 12.3. The summed E-state index contributed by atoms with van der Waals surface area (Å²) in [5.74, 6) is -2.07. The molecular formula is C15H18N2O9. The van der Waals surface area contributed by atoms with E-state index in [-0.39, 0.29) is 6.61 Å². The number of hydrogen-bond acceptors (Lipinski definition) is 9. The molecule has 2 heterocycles. The lowest BCUT2D eigenvalue weighted by Crippen LogP contribution is -2.56. The van der Waals surface area contributed by atoms with Crippen LogP contribution in [0.5, 0.6) is 0 Å². The standard InChI is InChI=1S/C15H18N2O9/c1-8(18)23-7-15(17-5-4-12(21)16-14(17)22)13(26-10(3)20)11(6-24-15)25-9(2)19/h4-5,11,13H,6-7H2,1-3H3,(H,16,21,22)/t11-,13+,15+/m1/s1. The molecule has 142 valence electrons. The van der Waals surface area contributed by atoms with Crippen LogP contribution < -0.4 is 11.2 Å². The topological polar surface area (TPSA) is 143 Å². The fraction of sp³-hybridized carbons (Fsp3) is 0.533. The van der Waals surface area contributed by atoms with Crippen molar-refractivity contribution in [3.05, 3.63) is 33.1 Å². The van der Waals surface area contributed by atoms with E-state index in [9.17, 15) is 24.0 Å². The SMILES string of the molecule is CC(=O)OC[C@]1(n2ccc(=O)[nH]c2=O)OC[C@@H](OC(C)=O)[C@@H]1OC(C)=O. The summed E-state index contributed by atoms with van der Waals surface area (Å²) in [5.41, 5.74) is -3.36. The zero-order valence-corrected chi connectivity index (χ0v) is 14.3. The molecule has 1 aromatic rings. The number of H-pyrrole nitrogens is 1. The molecular weight excluding hydrogens is 352 g/mol. The normalized spacial score (nSPS) is 24.7. The van der Waals surface area contributed by atoms with Crippen LogP contribution in [0.3, 0.4) is 0 Å². The average Bonchev–Trinajstić information content (AvgIpc) is 2.83. The van der Waals surface area contributed by atoms with Gasteiger partial charge in [0.2, 0.25) is 5.72 Å². The van der Waals surface area contributed by atoms with Gasteiger partial charge in [-0.15, -0.1) is 0 Å². The van der Waals surface area contributed by atoms with Crippen LogP contribution in [0.2, 0.25) is 0 Å². The average molecular weight is 370 g/mol. The van der Waals surface area contributed by atoms with Crippen molar-refractivity contribution < 1.29 is 33.3 Å². The first-order chi connectivity index (χ1) is 12.2. The molecule has 0 unspecified atom stereocenters. The summed E-state index contributed by atoms with van der Waals surface area (Å²) in [7, 11) is 0. The Kier molecular flexibility index (Phi) is 5.60. The summed E-state index contributed by atoms with van der Waals surface area (Å²) in [6, 6.07) is 1.05. The Morgan fingerprint density at radius 1 is 1.19 bits per heavy atom. The zero-order chi connectivity index (χ0) is 19.5. The molecule has 3 atom stereocenters. The number of esters is 3. The predicted octanol–water partition coefficient (Wildman–Crippen LogP) is -1.35. The van der Waals surface area contributed by atoms with Crippen molar-refractivity contribution in [2.24, 2.45) is 0 Å². The second-order valence-electron chi connectivity index (χ2n) is 5.59. The van der Waals surface area contributed by atoms with E-state index < -0.39 is 53.7 Å². The monoisotopic (exact) mass is 370 g/mol. The van der Waals surface area contributed by atoms with Crippen molar-refractivity contribution >= 4 is 17.9 Å². The van der Waals surface area contributed by atoms with Crippen molar-refractivity contribution in [2.45, 2.75) is 38.7 Å². The Labute approximate surface area is 146 Å². The highest BCUT2D eigenvalue weighted by Crippen LogP contribution is 2.35. The van der Waals surface area contributed by atoms with Gasteiger partial charge < -0.3 is 18.9 Å². The van der Waals surface area contributed by atoms with Gasteiger partial charge >= 0.3 is 23.6 Å². The molecule has 1 aliphatic heterocycles. The van der Waals surface area contributed by atoms with E-state index in [0.29, 0.717) is 0 Å². The summed E-state index contributed by atoms with van der Waals surface area (Å²) in [4.78, 5) is 59.8. The van der Waals surface area contributed by atoms with Gasteiger partial charge in [0, 0.05) is 33.0 Å². The molecule has 1 aromatic heterocycles. The lowest BCUT2D eigenvalue weighted by Gasteiger charge is -2.34. The largest absolute Gasteiger partial charge is 0.461 e. The van der Waals surface area contributed by atoms with E-state index in [4.69, 9.17) is 18.9 Å². The van der Waals surface area contributed by atoms with Gasteiger partial charge in [-0.05, 0) is 0 Å². The van der Waals surface area contributed by atoms with Crippen LogP contribution >= 0.6 is 0 Å². The zero-order valence-electron chi connectivity index (χ0n) is 14.3. The maximum absolute atomic E-state index is 12.3. The molecule has 1 fully saturated rings. The maximum Gasteiger partial charge on any atom is 0.330 e. The van der Waals surface area contributed by atoms with Crippen LogP contribution in [0.25, 0.3) is 0 Å². The first-order valence-corrected chi connectivity index (χ1v) is 7.60. The second kappa shape index (κ2) is 7.52. The predicted molar refractivity (Wildman–Crippen MR) is 83.0 cm³/mol. The Morgan fingerprint density at radius 3 is 2.38 bits per heavy atom. The van der Waals surface area contributed by atoms with E-state index in [1.165, 1.54) is 0 Å². The molecule has 0 saturated carbocycles. The summed E-state index contributed by atoms with van der Waals surface area (Å²) in [5, 5.41) is 0. The fourth-order valence-corrected chi connectivity index (χ4v) is 2.66. The third kappa shape index (κ3) is 3.99. The minimum atomic E-state index is -1.82. The molecule has 0 radical (unpaired) electrons. The van der Waals surface area contributed by atoms with Crippen LogP contribution in [0.1, 0.15) is 20.8 Å². The summed E-state index contributed by atoms with van der Waals surface area (Å²) >= 11 is 0. The molecule has 0 spiro atoms. The van der Waals surface area contributed by atoms with Crippen molar-refractivity contribution in [1.82, 2.24) is 9.55 Å².